The predicted molar refractivity (Wildman–Crippen MR) is 96.5 cm³/mol. The number of carbonyl (C=O) groups is 2. The zero-order valence-corrected chi connectivity index (χ0v) is 16.4. The summed E-state index contributed by atoms with van der Waals surface area (Å²) in [6, 6.07) is -0.366. The number of esters is 1. The Morgan fingerprint density at radius 3 is 2.45 bits per heavy atom. The summed E-state index contributed by atoms with van der Waals surface area (Å²) in [6.45, 7) is 12.4. The fourth-order valence-corrected chi connectivity index (χ4v) is 2.77. The number of rotatable bonds is 2. The number of ether oxygens (including phenoxy) is 2. The smallest absolute Gasteiger partial charge is 0.416 e. The first-order valence-electron chi connectivity index (χ1n) is 8.64. The molecule has 8 nitrogen and oxygen atoms in total. The zero-order chi connectivity index (χ0) is 22.0. The van der Waals surface area contributed by atoms with Crippen molar-refractivity contribution in [2.24, 2.45) is 0 Å². The molecule has 0 radical (unpaired) electrons. The van der Waals surface area contributed by atoms with Crippen molar-refractivity contribution in [1.82, 2.24) is 9.88 Å². The number of halogens is 3. The van der Waals surface area contributed by atoms with Gasteiger partial charge >= 0.3 is 18.2 Å². The molecule has 1 fully saturated rings. The van der Waals surface area contributed by atoms with Gasteiger partial charge in [-0.1, -0.05) is 0 Å². The number of amides is 1. The van der Waals surface area contributed by atoms with Gasteiger partial charge in [0, 0.05) is 19.3 Å². The molecule has 0 unspecified atom stereocenters. The first-order valence-corrected chi connectivity index (χ1v) is 8.64. The predicted octanol–water partition coefficient (Wildman–Crippen LogP) is 3.25. The van der Waals surface area contributed by atoms with Crippen molar-refractivity contribution in [1.29, 1.82) is 0 Å². The molecule has 1 atom stereocenters. The Morgan fingerprint density at radius 1 is 1.28 bits per heavy atom. The highest BCUT2D eigenvalue weighted by Crippen LogP contribution is 2.36. The fraction of sp³-hybridized carbons (Fsp3) is 0.556. The summed E-state index contributed by atoms with van der Waals surface area (Å²) >= 11 is 0. The maximum atomic E-state index is 12.9. The Kier molecular flexibility index (Phi) is 6.25. The largest absolute Gasteiger partial charge is 0.467 e. The monoisotopic (exact) mass is 414 g/mol. The third-order valence-electron chi connectivity index (χ3n) is 4.07. The molecule has 1 aromatic heterocycles. The normalized spacial score (nSPS) is 17.5. The number of aromatic nitrogens is 1. The van der Waals surface area contributed by atoms with Crippen LogP contribution in [-0.4, -0.2) is 60.3 Å². The van der Waals surface area contributed by atoms with Gasteiger partial charge in [0.1, 0.15) is 17.5 Å². The van der Waals surface area contributed by atoms with Crippen molar-refractivity contribution >= 4 is 23.6 Å². The van der Waals surface area contributed by atoms with Gasteiger partial charge < -0.3 is 19.3 Å². The van der Waals surface area contributed by atoms with E-state index < -0.39 is 35.4 Å². The van der Waals surface area contributed by atoms with Crippen LogP contribution in [0, 0.1) is 6.57 Å². The van der Waals surface area contributed by atoms with Gasteiger partial charge in [0.2, 0.25) is 5.69 Å². The maximum absolute atomic E-state index is 12.9. The van der Waals surface area contributed by atoms with E-state index in [0.717, 1.165) is 7.11 Å². The van der Waals surface area contributed by atoms with Gasteiger partial charge in [-0.2, -0.15) is 13.2 Å². The second-order valence-corrected chi connectivity index (χ2v) is 7.33. The van der Waals surface area contributed by atoms with Gasteiger partial charge in [-0.3, -0.25) is 4.98 Å². The minimum atomic E-state index is -4.65. The molecule has 29 heavy (non-hydrogen) atoms. The number of hydrogen-bond acceptors (Lipinski definition) is 6. The Morgan fingerprint density at radius 2 is 1.93 bits per heavy atom. The molecule has 1 aromatic rings. The minimum absolute atomic E-state index is 0.0555. The standard InChI is InChI=1S/C18H21F3N4O4/c1-17(2,3)29-16(27)24-6-7-25(13(10-24)15(26)28-5)14-12(22-4)8-11(9-23-14)18(19,20)21/h8-9,13H,6-7,10H2,1-3,5H3/t13-/m1/s1. The highest BCUT2D eigenvalue weighted by Gasteiger charge is 2.39. The van der Waals surface area contributed by atoms with Crippen molar-refractivity contribution in [3.63, 3.8) is 0 Å². The van der Waals surface area contributed by atoms with E-state index in [1.165, 1.54) is 9.80 Å². The molecular weight excluding hydrogens is 393 g/mol. The summed E-state index contributed by atoms with van der Waals surface area (Å²) in [5, 5.41) is 0. The van der Waals surface area contributed by atoms with Crippen LogP contribution >= 0.6 is 0 Å². The number of hydrogen-bond donors (Lipinski definition) is 0. The average Bonchev–Trinajstić information content (AvgIpc) is 2.64. The van der Waals surface area contributed by atoms with Crippen LogP contribution in [0.25, 0.3) is 4.85 Å². The van der Waals surface area contributed by atoms with Crippen LogP contribution in [0.1, 0.15) is 26.3 Å². The van der Waals surface area contributed by atoms with E-state index >= 15 is 0 Å². The Bertz CT molecular complexity index is 830. The lowest BCUT2D eigenvalue weighted by Gasteiger charge is -2.41. The van der Waals surface area contributed by atoms with Crippen LogP contribution in [0.5, 0.6) is 0 Å². The van der Waals surface area contributed by atoms with Crippen molar-refractivity contribution in [2.75, 3.05) is 31.6 Å². The number of alkyl halides is 3. The third-order valence-corrected chi connectivity index (χ3v) is 4.07. The number of pyridine rings is 1. The summed E-state index contributed by atoms with van der Waals surface area (Å²) in [6.07, 6.45) is -4.67. The molecular formula is C18H21F3N4O4. The first kappa shape index (κ1) is 22.3. The van der Waals surface area contributed by atoms with E-state index in [-0.39, 0.29) is 31.1 Å². The lowest BCUT2D eigenvalue weighted by Crippen LogP contribution is -2.59. The lowest BCUT2D eigenvalue weighted by atomic mass is 10.1. The van der Waals surface area contributed by atoms with Crippen LogP contribution in [0.2, 0.25) is 0 Å². The SMILES string of the molecule is [C-]#[N+]c1cc(C(F)(F)F)cnc1N1CCN(C(=O)OC(C)(C)C)C[C@@H]1C(=O)OC. The number of anilines is 1. The van der Waals surface area contributed by atoms with Crippen molar-refractivity contribution < 1.29 is 32.2 Å². The number of nitrogens with zero attached hydrogens (tertiary/aromatic N) is 4. The fourth-order valence-electron chi connectivity index (χ4n) is 2.77. The molecule has 1 aliphatic heterocycles. The second kappa shape index (κ2) is 8.14. The summed E-state index contributed by atoms with van der Waals surface area (Å²) in [5.41, 5.74) is -2.14. The van der Waals surface area contributed by atoms with Gasteiger partial charge in [0.05, 0.1) is 25.8 Å². The second-order valence-electron chi connectivity index (χ2n) is 7.33. The summed E-state index contributed by atoms with van der Waals surface area (Å²) in [7, 11) is 1.16. The summed E-state index contributed by atoms with van der Waals surface area (Å²) < 4.78 is 48.9. The van der Waals surface area contributed by atoms with Crippen LogP contribution in [0.3, 0.4) is 0 Å². The van der Waals surface area contributed by atoms with Crippen LogP contribution < -0.4 is 4.90 Å². The van der Waals surface area contributed by atoms with Gasteiger partial charge in [0.15, 0.2) is 0 Å². The van der Waals surface area contributed by atoms with Gasteiger partial charge in [0.25, 0.3) is 0 Å². The molecule has 11 heteroatoms. The van der Waals surface area contributed by atoms with Crippen LogP contribution in [0.4, 0.5) is 29.5 Å². The van der Waals surface area contributed by atoms with Crippen LogP contribution in [-0.2, 0) is 20.4 Å². The molecule has 0 bridgehead atoms. The Balaban J connectivity index is 2.35. The molecule has 0 spiro atoms. The Labute approximate surface area is 166 Å². The van der Waals surface area contributed by atoms with Crippen molar-refractivity contribution in [2.45, 2.75) is 38.6 Å². The van der Waals surface area contributed by atoms with E-state index in [4.69, 9.17) is 16.0 Å². The number of piperazine rings is 1. The quantitative estimate of drug-likeness (QED) is 0.546. The molecule has 0 aliphatic carbocycles. The molecule has 1 saturated heterocycles. The molecule has 0 aromatic carbocycles. The molecule has 2 heterocycles. The Hall–Kier alpha value is -3.03. The van der Waals surface area contributed by atoms with Crippen molar-refractivity contribution in [3.8, 4) is 0 Å². The third kappa shape index (κ3) is 5.28. The molecule has 0 saturated carbocycles. The number of carbonyl (C=O) groups excluding carboxylic acids is 2. The maximum Gasteiger partial charge on any atom is 0.416 e. The van der Waals surface area contributed by atoms with E-state index in [1.54, 1.807) is 20.8 Å². The topological polar surface area (TPSA) is 76.3 Å². The molecule has 2 rings (SSSR count). The van der Waals surface area contributed by atoms with Gasteiger partial charge in [-0.25, -0.2) is 14.4 Å². The summed E-state index contributed by atoms with van der Waals surface area (Å²) in [4.78, 5) is 34.2. The van der Waals surface area contributed by atoms with E-state index in [1.807, 2.05) is 0 Å². The molecule has 158 valence electrons. The highest BCUT2D eigenvalue weighted by atomic mass is 19.4. The average molecular weight is 414 g/mol. The van der Waals surface area contributed by atoms with Gasteiger partial charge in [-0.15, -0.1) is 0 Å². The number of methoxy groups -OCH3 is 1. The minimum Gasteiger partial charge on any atom is -0.467 e. The summed E-state index contributed by atoms with van der Waals surface area (Å²) in [5.74, 6) is -0.789. The molecule has 1 amide bonds. The zero-order valence-electron chi connectivity index (χ0n) is 16.4. The molecule has 0 N–H and O–H groups in total. The van der Waals surface area contributed by atoms with E-state index in [0.29, 0.717) is 12.3 Å². The first-order chi connectivity index (χ1) is 13.4. The lowest BCUT2D eigenvalue weighted by molar-refractivity contribution is -0.143. The van der Waals surface area contributed by atoms with Crippen molar-refractivity contribution in [3.05, 3.63) is 29.2 Å². The van der Waals surface area contributed by atoms with Gasteiger partial charge in [-0.05, 0) is 26.8 Å². The molecule has 1 aliphatic rings. The van der Waals surface area contributed by atoms with Crippen LogP contribution in [0.15, 0.2) is 12.3 Å². The highest BCUT2D eigenvalue weighted by molar-refractivity contribution is 5.83. The van der Waals surface area contributed by atoms with E-state index in [9.17, 15) is 22.8 Å². The van der Waals surface area contributed by atoms with E-state index in [2.05, 4.69) is 9.83 Å².